The molecule has 0 aliphatic rings. The van der Waals surface area contributed by atoms with E-state index in [1.165, 1.54) is 5.56 Å². The van der Waals surface area contributed by atoms with E-state index in [1.54, 1.807) is 16.0 Å². The Morgan fingerprint density at radius 1 is 1.25 bits per heavy atom. The lowest BCUT2D eigenvalue weighted by atomic mass is 10.1. The van der Waals surface area contributed by atoms with E-state index in [-0.39, 0.29) is 5.91 Å². The summed E-state index contributed by atoms with van der Waals surface area (Å²) in [5.74, 6) is -0.0906. The van der Waals surface area contributed by atoms with Crippen LogP contribution in [0.15, 0.2) is 41.8 Å². The highest BCUT2D eigenvalue weighted by molar-refractivity contribution is 7.13. The van der Waals surface area contributed by atoms with E-state index in [2.05, 4.69) is 18.3 Å². The van der Waals surface area contributed by atoms with Crippen molar-refractivity contribution in [2.75, 3.05) is 6.54 Å². The summed E-state index contributed by atoms with van der Waals surface area (Å²) in [6.07, 6.45) is 0.904. The van der Waals surface area contributed by atoms with E-state index in [0.717, 1.165) is 28.2 Å². The molecule has 124 valence electrons. The molecule has 0 fully saturated rings. The summed E-state index contributed by atoms with van der Waals surface area (Å²) in [4.78, 5) is 13.6. The number of nitrogens with zero attached hydrogens (tertiary/aromatic N) is 2. The summed E-state index contributed by atoms with van der Waals surface area (Å²) in [7, 11) is 0. The Morgan fingerprint density at radius 2 is 2.08 bits per heavy atom. The average Bonchev–Trinajstić information content (AvgIpc) is 3.21. The highest BCUT2D eigenvalue weighted by Gasteiger charge is 2.18. The SMILES string of the molecule is CCCNC(=O)c1cc(-c2cccs2)nn1-c1ccc(C)cc1C. The molecule has 0 aliphatic heterocycles. The van der Waals surface area contributed by atoms with Crippen molar-refractivity contribution in [1.29, 1.82) is 0 Å². The van der Waals surface area contributed by atoms with Crippen LogP contribution in [-0.2, 0) is 0 Å². The van der Waals surface area contributed by atoms with Gasteiger partial charge in [0.2, 0.25) is 0 Å². The zero-order valence-electron chi connectivity index (χ0n) is 14.2. The van der Waals surface area contributed by atoms with Crippen LogP contribution in [0.2, 0.25) is 0 Å². The molecule has 2 heterocycles. The monoisotopic (exact) mass is 339 g/mol. The number of rotatable bonds is 5. The van der Waals surface area contributed by atoms with Crippen LogP contribution in [0.1, 0.15) is 35.0 Å². The summed E-state index contributed by atoms with van der Waals surface area (Å²) in [6.45, 7) is 6.80. The Labute approximate surface area is 146 Å². The number of aryl methyl sites for hydroxylation is 2. The van der Waals surface area contributed by atoms with Crippen molar-refractivity contribution in [3.8, 4) is 16.3 Å². The second kappa shape index (κ2) is 7.01. The lowest BCUT2D eigenvalue weighted by Crippen LogP contribution is -2.26. The molecule has 4 nitrogen and oxygen atoms in total. The quantitative estimate of drug-likeness (QED) is 0.751. The molecule has 24 heavy (non-hydrogen) atoms. The average molecular weight is 339 g/mol. The van der Waals surface area contributed by atoms with Crippen LogP contribution in [0.4, 0.5) is 0 Å². The van der Waals surface area contributed by atoms with Crippen LogP contribution in [0.25, 0.3) is 16.3 Å². The van der Waals surface area contributed by atoms with Gasteiger partial charge >= 0.3 is 0 Å². The number of hydrogen-bond acceptors (Lipinski definition) is 3. The van der Waals surface area contributed by atoms with E-state index in [4.69, 9.17) is 5.10 Å². The fourth-order valence-corrected chi connectivity index (χ4v) is 3.32. The molecule has 5 heteroatoms. The fraction of sp³-hybridized carbons (Fsp3) is 0.263. The summed E-state index contributed by atoms with van der Waals surface area (Å²) >= 11 is 1.62. The number of benzene rings is 1. The van der Waals surface area contributed by atoms with Crippen LogP contribution in [0, 0.1) is 13.8 Å². The zero-order chi connectivity index (χ0) is 17.1. The first-order chi connectivity index (χ1) is 11.6. The molecule has 1 amide bonds. The fourth-order valence-electron chi connectivity index (χ4n) is 2.64. The molecule has 0 atom stereocenters. The molecule has 0 radical (unpaired) electrons. The molecule has 1 aromatic carbocycles. The summed E-state index contributed by atoms with van der Waals surface area (Å²) < 4.78 is 1.76. The molecule has 3 aromatic rings. The Kier molecular flexibility index (Phi) is 4.81. The summed E-state index contributed by atoms with van der Waals surface area (Å²) in [5, 5.41) is 9.68. The predicted molar refractivity (Wildman–Crippen MR) is 99.0 cm³/mol. The molecule has 0 saturated carbocycles. The van der Waals surface area contributed by atoms with Gasteiger partial charge in [-0.3, -0.25) is 4.79 Å². The van der Waals surface area contributed by atoms with Crippen molar-refractivity contribution in [3.05, 3.63) is 58.6 Å². The number of aromatic nitrogens is 2. The number of hydrogen-bond donors (Lipinski definition) is 1. The van der Waals surface area contributed by atoms with Gasteiger partial charge in [0.25, 0.3) is 5.91 Å². The van der Waals surface area contributed by atoms with E-state index in [9.17, 15) is 4.79 Å². The van der Waals surface area contributed by atoms with Crippen molar-refractivity contribution in [1.82, 2.24) is 15.1 Å². The van der Waals surface area contributed by atoms with Crippen molar-refractivity contribution in [2.45, 2.75) is 27.2 Å². The first kappa shape index (κ1) is 16.5. The van der Waals surface area contributed by atoms with Crippen molar-refractivity contribution >= 4 is 17.2 Å². The second-order valence-corrected chi connectivity index (χ2v) is 6.80. The van der Waals surface area contributed by atoms with Gasteiger partial charge in [-0.2, -0.15) is 5.10 Å². The van der Waals surface area contributed by atoms with E-state index >= 15 is 0 Å². The first-order valence-corrected chi connectivity index (χ1v) is 8.98. The van der Waals surface area contributed by atoms with E-state index in [0.29, 0.717) is 12.2 Å². The van der Waals surface area contributed by atoms with Gasteiger partial charge in [0.05, 0.1) is 10.6 Å². The maximum Gasteiger partial charge on any atom is 0.270 e. The second-order valence-electron chi connectivity index (χ2n) is 5.85. The molecule has 3 rings (SSSR count). The third kappa shape index (κ3) is 3.26. The number of nitrogens with one attached hydrogen (secondary N) is 1. The predicted octanol–water partition coefficient (Wildman–Crippen LogP) is 4.36. The van der Waals surface area contributed by atoms with Gasteiger partial charge in [-0.05, 0) is 49.4 Å². The van der Waals surface area contributed by atoms with Gasteiger partial charge in [0.1, 0.15) is 11.4 Å². The van der Waals surface area contributed by atoms with Crippen molar-refractivity contribution in [3.63, 3.8) is 0 Å². The van der Waals surface area contributed by atoms with Crippen molar-refractivity contribution < 1.29 is 4.79 Å². The van der Waals surface area contributed by atoms with Gasteiger partial charge in [-0.15, -0.1) is 11.3 Å². The number of carbonyl (C=O) groups excluding carboxylic acids is 1. The number of thiophene rings is 1. The smallest absolute Gasteiger partial charge is 0.270 e. The lowest BCUT2D eigenvalue weighted by Gasteiger charge is -2.11. The maximum absolute atomic E-state index is 12.6. The van der Waals surface area contributed by atoms with E-state index < -0.39 is 0 Å². The van der Waals surface area contributed by atoms with Crippen LogP contribution in [0.5, 0.6) is 0 Å². The molecule has 0 bridgehead atoms. The van der Waals surface area contributed by atoms with Crippen LogP contribution < -0.4 is 5.32 Å². The maximum atomic E-state index is 12.6. The summed E-state index contributed by atoms with van der Waals surface area (Å²) in [6, 6.07) is 12.1. The zero-order valence-corrected chi connectivity index (χ0v) is 15.0. The third-order valence-electron chi connectivity index (χ3n) is 3.83. The minimum absolute atomic E-state index is 0.0906. The van der Waals surface area contributed by atoms with Gasteiger partial charge in [-0.25, -0.2) is 4.68 Å². The Morgan fingerprint density at radius 3 is 2.75 bits per heavy atom. The topological polar surface area (TPSA) is 46.9 Å². The normalized spacial score (nSPS) is 10.8. The molecule has 0 saturated heterocycles. The van der Waals surface area contributed by atoms with E-state index in [1.807, 2.05) is 49.6 Å². The summed E-state index contributed by atoms with van der Waals surface area (Å²) in [5.41, 5.74) is 4.62. The molecular formula is C19H21N3OS. The third-order valence-corrected chi connectivity index (χ3v) is 4.72. The van der Waals surface area contributed by atoms with Crippen LogP contribution >= 0.6 is 11.3 Å². The molecule has 0 unspecified atom stereocenters. The number of carbonyl (C=O) groups is 1. The van der Waals surface area contributed by atoms with Crippen LogP contribution in [-0.4, -0.2) is 22.2 Å². The van der Waals surface area contributed by atoms with Crippen molar-refractivity contribution in [2.24, 2.45) is 0 Å². The standard InChI is InChI=1S/C19H21N3OS/c1-4-9-20-19(23)17-12-15(18-6-5-10-24-18)21-22(17)16-8-7-13(2)11-14(16)3/h5-8,10-12H,4,9H2,1-3H3,(H,20,23). The lowest BCUT2D eigenvalue weighted by molar-refractivity contribution is 0.0946. The Bertz CT molecular complexity index is 850. The van der Waals surface area contributed by atoms with Gasteiger partial charge in [0.15, 0.2) is 0 Å². The largest absolute Gasteiger partial charge is 0.351 e. The Hall–Kier alpha value is -2.40. The highest BCUT2D eigenvalue weighted by Crippen LogP contribution is 2.27. The number of amides is 1. The minimum Gasteiger partial charge on any atom is -0.351 e. The van der Waals surface area contributed by atoms with Gasteiger partial charge in [0, 0.05) is 6.54 Å². The highest BCUT2D eigenvalue weighted by atomic mass is 32.1. The molecule has 1 N–H and O–H groups in total. The van der Waals surface area contributed by atoms with Crippen LogP contribution in [0.3, 0.4) is 0 Å². The molecule has 2 aromatic heterocycles. The molecule has 0 spiro atoms. The van der Waals surface area contributed by atoms with Gasteiger partial charge in [-0.1, -0.05) is 30.7 Å². The molecular weight excluding hydrogens is 318 g/mol. The Balaban J connectivity index is 2.10. The first-order valence-electron chi connectivity index (χ1n) is 8.10. The minimum atomic E-state index is -0.0906. The molecule has 0 aliphatic carbocycles. The van der Waals surface area contributed by atoms with Gasteiger partial charge < -0.3 is 5.32 Å².